The number of halogens is 1. The van der Waals surface area contributed by atoms with Gasteiger partial charge in [0, 0.05) is 17.1 Å². The average molecular weight is 654 g/mol. The number of hydrogen-bond acceptors (Lipinski definition) is 7. The Morgan fingerprint density at radius 2 is 1.43 bits per heavy atom. The normalized spacial score (nSPS) is 17.2. The third kappa shape index (κ3) is 6.02. The number of imidazole rings is 2. The van der Waals surface area contributed by atoms with E-state index in [0.29, 0.717) is 30.0 Å². The largest absolute Gasteiger partial charge is 0.428 e. The molecule has 3 aromatic carbocycles. The van der Waals surface area contributed by atoms with Gasteiger partial charge in [-0.2, -0.15) is 0 Å². The summed E-state index contributed by atoms with van der Waals surface area (Å²) in [5.41, 5.74) is 13.5. The number of nitrogens with two attached hydrogens (primary N) is 2. The zero-order valence-electron chi connectivity index (χ0n) is 25.6. The van der Waals surface area contributed by atoms with E-state index in [9.17, 15) is 14.4 Å². The molecular weight excluding hydrogens is 622 g/mol. The van der Waals surface area contributed by atoms with Crippen LogP contribution in [0.3, 0.4) is 0 Å². The fraction of sp³-hybridized carbons (Fsp3) is 0.206. The fourth-order valence-corrected chi connectivity index (χ4v) is 6.39. The van der Waals surface area contributed by atoms with Gasteiger partial charge in [-0.25, -0.2) is 19.6 Å². The Hall–Kier alpha value is -5.62. The molecular formula is C34H32ClN7O5. The van der Waals surface area contributed by atoms with Crippen molar-refractivity contribution in [3.63, 3.8) is 0 Å². The lowest BCUT2D eigenvalue weighted by atomic mass is 9.90. The van der Waals surface area contributed by atoms with Gasteiger partial charge >= 0.3 is 18.2 Å². The summed E-state index contributed by atoms with van der Waals surface area (Å²) in [6.07, 6.45) is 2.67. The summed E-state index contributed by atoms with van der Waals surface area (Å²) >= 11 is 6.46. The van der Waals surface area contributed by atoms with Crippen molar-refractivity contribution in [2.24, 2.45) is 11.5 Å². The molecule has 47 heavy (non-hydrogen) atoms. The number of aromatic nitrogens is 4. The molecule has 0 saturated carbocycles. The molecule has 0 spiro atoms. The second-order valence-corrected chi connectivity index (χ2v) is 12.0. The molecule has 1 saturated heterocycles. The van der Waals surface area contributed by atoms with Crippen molar-refractivity contribution in [3.8, 4) is 39.7 Å². The van der Waals surface area contributed by atoms with E-state index in [1.165, 1.54) is 6.92 Å². The van der Waals surface area contributed by atoms with Gasteiger partial charge in [-0.05, 0) is 55.0 Å². The van der Waals surface area contributed by atoms with Gasteiger partial charge in [0.2, 0.25) is 5.60 Å². The van der Waals surface area contributed by atoms with Crippen molar-refractivity contribution < 1.29 is 23.9 Å². The van der Waals surface area contributed by atoms with Crippen LogP contribution in [0.1, 0.15) is 38.1 Å². The highest BCUT2D eigenvalue weighted by molar-refractivity contribution is 6.31. The van der Waals surface area contributed by atoms with Gasteiger partial charge in [0.25, 0.3) is 5.91 Å². The van der Waals surface area contributed by atoms with Crippen LogP contribution >= 0.6 is 11.6 Å². The highest BCUT2D eigenvalue weighted by Crippen LogP contribution is 2.43. The molecule has 12 nitrogen and oxygen atoms in total. The number of carbonyl (C=O) groups is 3. The molecule has 6 rings (SSSR count). The number of nitrogens with one attached hydrogen (secondary N) is 2. The van der Waals surface area contributed by atoms with Crippen LogP contribution in [0.15, 0.2) is 85.2 Å². The Bertz CT molecular complexity index is 1960. The molecule has 0 bridgehead atoms. The minimum atomic E-state index is -1.74. The predicted octanol–water partition coefficient (Wildman–Crippen LogP) is 6.09. The lowest BCUT2D eigenvalue weighted by Crippen LogP contribution is -2.53. The molecule has 1 fully saturated rings. The molecule has 2 atom stereocenters. The number of benzene rings is 3. The Balaban J connectivity index is 1.21. The number of carbonyl (C=O) groups excluding carboxylic acids is 3. The molecule has 3 amide bonds. The van der Waals surface area contributed by atoms with Crippen LogP contribution in [-0.2, 0) is 20.7 Å². The van der Waals surface area contributed by atoms with Crippen molar-refractivity contribution >= 4 is 29.7 Å². The molecule has 6 N–H and O–H groups in total. The first kappa shape index (κ1) is 31.4. The molecule has 240 valence electrons. The fourth-order valence-electron chi connectivity index (χ4n) is 6.08. The summed E-state index contributed by atoms with van der Waals surface area (Å²) < 4.78 is 10.3. The standard InChI is InChI=1S/C34H32ClN7O5/c1-33(16-5-17-42(33)29(43)34(2,47-31(37)45)24-6-3-4-7-25(24)35)28-38-18-26(40-28)22-12-8-20(9-13-22)21-10-14-23(15-11-21)27-19-39-32(41-27)46-30(36)44/h3-4,6-15,18-19H,5,16-17H2,1-2H3,(H2,36,44)(H2,37,45)(H,38,40)(H,39,41)/t33?,34-/m1/s1. The SMILES string of the molecule is CC1(c2ncc(-c3ccc(-c4ccc(-c5cnc(OC(N)=O)[nH]5)cc4)cc3)[nH]2)CCCN1C(=O)[C@](C)(OC(N)=O)c1ccccc1Cl. The lowest BCUT2D eigenvalue weighted by molar-refractivity contribution is -0.155. The lowest BCUT2D eigenvalue weighted by Gasteiger charge is -2.39. The average Bonchev–Trinajstić information content (AvgIpc) is 3.81. The summed E-state index contributed by atoms with van der Waals surface area (Å²) in [5, 5.41) is 0.286. The van der Waals surface area contributed by atoms with Crippen LogP contribution in [0.2, 0.25) is 5.02 Å². The van der Waals surface area contributed by atoms with Gasteiger partial charge in [0.1, 0.15) is 5.82 Å². The Labute approximate surface area is 275 Å². The van der Waals surface area contributed by atoms with Gasteiger partial charge in [-0.15, -0.1) is 0 Å². The number of hydrogen-bond donors (Lipinski definition) is 4. The minimum absolute atomic E-state index is 0.0306. The Kier molecular flexibility index (Phi) is 8.20. The summed E-state index contributed by atoms with van der Waals surface area (Å²) in [6, 6.07) is 22.6. The van der Waals surface area contributed by atoms with Gasteiger partial charge in [-0.3, -0.25) is 4.79 Å². The summed E-state index contributed by atoms with van der Waals surface area (Å²) in [4.78, 5) is 53.9. The molecule has 3 heterocycles. The van der Waals surface area contributed by atoms with E-state index in [-0.39, 0.29) is 11.0 Å². The van der Waals surface area contributed by atoms with Crippen LogP contribution in [-0.4, -0.2) is 49.5 Å². The van der Waals surface area contributed by atoms with E-state index in [1.54, 1.807) is 41.6 Å². The topological polar surface area (TPSA) is 182 Å². The number of amides is 3. The van der Waals surface area contributed by atoms with Crippen LogP contribution in [0.25, 0.3) is 33.6 Å². The number of rotatable bonds is 8. The Morgan fingerprint density at radius 3 is 2.02 bits per heavy atom. The van der Waals surface area contributed by atoms with E-state index >= 15 is 0 Å². The molecule has 0 aliphatic carbocycles. The first-order valence-electron chi connectivity index (χ1n) is 14.8. The number of primary amides is 2. The second kappa shape index (κ2) is 12.3. The second-order valence-electron chi connectivity index (χ2n) is 11.6. The van der Waals surface area contributed by atoms with E-state index < -0.39 is 29.2 Å². The molecule has 13 heteroatoms. The number of nitrogens with zero attached hydrogens (tertiary/aromatic N) is 3. The molecule has 5 aromatic rings. The molecule has 2 aromatic heterocycles. The Morgan fingerprint density at radius 1 is 0.851 bits per heavy atom. The maximum absolute atomic E-state index is 14.2. The number of aromatic amines is 2. The zero-order valence-corrected chi connectivity index (χ0v) is 26.4. The monoisotopic (exact) mass is 653 g/mol. The van der Waals surface area contributed by atoms with Crippen molar-refractivity contribution in [1.29, 1.82) is 0 Å². The van der Waals surface area contributed by atoms with E-state index in [4.69, 9.17) is 37.5 Å². The highest BCUT2D eigenvalue weighted by atomic mass is 35.5. The van der Waals surface area contributed by atoms with Crippen LogP contribution < -0.4 is 16.2 Å². The third-order valence-corrected chi connectivity index (χ3v) is 8.88. The number of likely N-dealkylation sites (tertiary alicyclic amines) is 1. The van der Waals surface area contributed by atoms with Gasteiger partial charge in [0.15, 0.2) is 0 Å². The number of ether oxygens (including phenoxy) is 2. The van der Waals surface area contributed by atoms with Crippen LogP contribution in [0.4, 0.5) is 9.59 Å². The maximum atomic E-state index is 14.2. The van der Waals surface area contributed by atoms with Crippen LogP contribution in [0, 0.1) is 0 Å². The van der Waals surface area contributed by atoms with Crippen molar-refractivity contribution in [2.75, 3.05) is 6.54 Å². The maximum Gasteiger partial charge on any atom is 0.412 e. The van der Waals surface area contributed by atoms with Crippen molar-refractivity contribution in [3.05, 3.63) is 102 Å². The van der Waals surface area contributed by atoms with E-state index in [2.05, 4.69) is 15.0 Å². The van der Waals surface area contributed by atoms with Crippen molar-refractivity contribution in [2.45, 2.75) is 37.8 Å². The predicted molar refractivity (Wildman–Crippen MR) is 175 cm³/mol. The summed E-state index contributed by atoms with van der Waals surface area (Å²) in [7, 11) is 0. The quantitative estimate of drug-likeness (QED) is 0.156. The number of H-pyrrole nitrogens is 2. The molecule has 0 radical (unpaired) electrons. The highest BCUT2D eigenvalue weighted by Gasteiger charge is 2.51. The molecule has 1 aliphatic heterocycles. The van der Waals surface area contributed by atoms with E-state index in [1.807, 2.05) is 55.5 Å². The first-order valence-corrected chi connectivity index (χ1v) is 15.2. The van der Waals surface area contributed by atoms with Gasteiger partial charge in [0.05, 0.1) is 29.3 Å². The van der Waals surface area contributed by atoms with Crippen LogP contribution in [0.5, 0.6) is 6.01 Å². The smallest absolute Gasteiger partial charge is 0.412 e. The third-order valence-electron chi connectivity index (χ3n) is 8.55. The molecule has 1 aliphatic rings. The van der Waals surface area contributed by atoms with Gasteiger partial charge < -0.3 is 35.8 Å². The van der Waals surface area contributed by atoms with Gasteiger partial charge in [-0.1, -0.05) is 78.3 Å². The summed E-state index contributed by atoms with van der Waals surface area (Å²) in [6.45, 7) is 3.89. The molecule has 1 unspecified atom stereocenters. The minimum Gasteiger partial charge on any atom is -0.428 e. The zero-order chi connectivity index (χ0) is 33.3. The van der Waals surface area contributed by atoms with Crippen molar-refractivity contribution in [1.82, 2.24) is 24.8 Å². The summed E-state index contributed by atoms with van der Waals surface area (Å²) in [5.74, 6) is 0.173. The van der Waals surface area contributed by atoms with E-state index in [0.717, 1.165) is 34.4 Å². The first-order chi connectivity index (χ1) is 22.5.